The highest BCUT2D eigenvalue weighted by atomic mass is 35.5. The summed E-state index contributed by atoms with van der Waals surface area (Å²) in [6, 6.07) is 15.2. The topological polar surface area (TPSA) is 80.8 Å². The van der Waals surface area contributed by atoms with Gasteiger partial charge in [0.05, 0.1) is 21.2 Å². The van der Waals surface area contributed by atoms with Crippen LogP contribution in [0.25, 0.3) is 10.8 Å². The molecule has 0 saturated heterocycles. The molecule has 4 rings (SSSR count). The van der Waals surface area contributed by atoms with Gasteiger partial charge in [0.15, 0.2) is 6.61 Å². The van der Waals surface area contributed by atoms with Crippen LogP contribution in [0.1, 0.15) is 31.1 Å². The Bertz CT molecular complexity index is 1190. The number of ketones is 1. The molecule has 6 nitrogen and oxygen atoms in total. The molecule has 30 heavy (non-hydrogen) atoms. The highest BCUT2D eigenvalue weighted by molar-refractivity contribution is 6.43. The Morgan fingerprint density at radius 1 is 0.867 bits per heavy atom. The normalized spacial score (nSPS) is 12.9. The quantitative estimate of drug-likeness (QED) is 0.337. The Morgan fingerprint density at radius 2 is 1.47 bits per heavy atom. The molecular weight excluding hydrogens is 429 g/mol. The number of ether oxygens (including phenoxy) is 1. The second-order valence-corrected chi connectivity index (χ2v) is 7.43. The number of nitrogens with zero attached hydrogens (tertiary/aromatic N) is 1. The van der Waals surface area contributed by atoms with Gasteiger partial charge in [0.1, 0.15) is 6.54 Å². The average molecular weight is 442 g/mol. The van der Waals surface area contributed by atoms with Gasteiger partial charge in [-0.2, -0.15) is 0 Å². The number of Topliss-reactive ketones (excluding diaryl/α,β-unsaturated/α-hetero) is 1. The van der Waals surface area contributed by atoms with Gasteiger partial charge >= 0.3 is 5.97 Å². The number of imide groups is 1. The van der Waals surface area contributed by atoms with Gasteiger partial charge in [-0.1, -0.05) is 65.7 Å². The van der Waals surface area contributed by atoms with Crippen molar-refractivity contribution in [3.63, 3.8) is 0 Å². The predicted molar refractivity (Wildman–Crippen MR) is 111 cm³/mol. The lowest BCUT2D eigenvalue weighted by Crippen LogP contribution is -2.36. The number of carbonyl (C=O) groups is 4. The second kappa shape index (κ2) is 7.89. The molecule has 0 N–H and O–H groups in total. The first kappa shape index (κ1) is 20.1. The fourth-order valence-electron chi connectivity index (χ4n) is 3.29. The first-order valence-electron chi connectivity index (χ1n) is 8.88. The number of carbonyl (C=O) groups excluding carboxylic acids is 4. The van der Waals surface area contributed by atoms with Crippen molar-refractivity contribution in [1.82, 2.24) is 4.90 Å². The summed E-state index contributed by atoms with van der Waals surface area (Å²) >= 11 is 11.8. The number of fused-ring (bicyclic) bond motifs is 2. The van der Waals surface area contributed by atoms with E-state index in [1.54, 1.807) is 18.2 Å². The average Bonchev–Trinajstić information content (AvgIpc) is 2.96. The van der Waals surface area contributed by atoms with Gasteiger partial charge in [0, 0.05) is 5.56 Å². The SMILES string of the molecule is O=C(CN1C(=O)c2cc(Cl)c(Cl)cc2C1=O)OCC(=O)c1cccc2ccccc12. The number of benzene rings is 3. The molecule has 1 aliphatic heterocycles. The highest BCUT2D eigenvalue weighted by Gasteiger charge is 2.37. The lowest BCUT2D eigenvalue weighted by molar-refractivity contribution is -0.142. The van der Waals surface area contributed by atoms with E-state index in [2.05, 4.69) is 0 Å². The zero-order valence-corrected chi connectivity index (χ0v) is 16.9. The van der Waals surface area contributed by atoms with E-state index in [4.69, 9.17) is 27.9 Å². The van der Waals surface area contributed by atoms with Crippen molar-refractivity contribution in [1.29, 1.82) is 0 Å². The molecule has 0 aliphatic carbocycles. The zero-order valence-electron chi connectivity index (χ0n) is 15.4. The molecule has 0 unspecified atom stereocenters. The Hall–Kier alpha value is -3.22. The van der Waals surface area contributed by atoms with Crippen molar-refractivity contribution in [3.05, 3.63) is 81.3 Å². The summed E-state index contributed by atoms with van der Waals surface area (Å²) in [6.45, 7) is -1.13. The van der Waals surface area contributed by atoms with Crippen LogP contribution in [0.5, 0.6) is 0 Å². The Morgan fingerprint density at radius 3 is 2.13 bits per heavy atom. The molecule has 3 aromatic rings. The molecule has 0 spiro atoms. The maximum Gasteiger partial charge on any atom is 0.326 e. The van der Waals surface area contributed by atoms with Crippen LogP contribution < -0.4 is 0 Å². The number of amides is 2. The highest BCUT2D eigenvalue weighted by Crippen LogP contribution is 2.31. The largest absolute Gasteiger partial charge is 0.456 e. The monoisotopic (exact) mass is 441 g/mol. The van der Waals surface area contributed by atoms with Crippen LogP contribution in [0.4, 0.5) is 0 Å². The van der Waals surface area contributed by atoms with E-state index in [-0.39, 0.29) is 27.0 Å². The van der Waals surface area contributed by atoms with E-state index in [0.29, 0.717) is 5.56 Å². The minimum atomic E-state index is -0.879. The second-order valence-electron chi connectivity index (χ2n) is 6.62. The molecular formula is C22H13Cl2NO5. The van der Waals surface area contributed by atoms with Crippen LogP contribution in [0.15, 0.2) is 54.6 Å². The van der Waals surface area contributed by atoms with Crippen LogP contribution in [0.3, 0.4) is 0 Å². The number of rotatable bonds is 5. The summed E-state index contributed by atoms with van der Waals surface area (Å²) < 4.78 is 5.03. The predicted octanol–water partition coefficient (Wildman–Crippen LogP) is 4.17. The zero-order chi connectivity index (χ0) is 21.4. The molecule has 0 saturated carbocycles. The summed E-state index contributed by atoms with van der Waals surface area (Å²) in [4.78, 5) is 50.4. The summed E-state index contributed by atoms with van der Waals surface area (Å²) in [6.07, 6.45) is 0. The van der Waals surface area contributed by atoms with Crippen molar-refractivity contribution in [2.75, 3.05) is 13.2 Å². The third-order valence-electron chi connectivity index (χ3n) is 4.75. The maximum atomic E-state index is 12.5. The minimum Gasteiger partial charge on any atom is -0.456 e. The van der Waals surface area contributed by atoms with Crippen molar-refractivity contribution >= 4 is 57.5 Å². The first-order chi connectivity index (χ1) is 14.4. The molecule has 0 radical (unpaired) electrons. The standard InChI is InChI=1S/C22H13Cl2NO5/c23-17-8-15-16(9-18(17)24)22(29)25(21(15)28)10-20(27)30-11-19(26)14-7-3-5-12-4-1-2-6-13(12)14/h1-9H,10-11H2. The molecule has 1 heterocycles. The van der Waals surface area contributed by atoms with Gasteiger partial charge in [-0.25, -0.2) is 0 Å². The number of halogens is 2. The summed E-state index contributed by atoms with van der Waals surface area (Å²) in [5, 5.41) is 1.89. The van der Waals surface area contributed by atoms with Gasteiger partial charge < -0.3 is 4.74 Å². The maximum absolute atomic E-state index is 12.5. The fraction of sp³-hybridized carbons (Fsp3) is 0.0909. The first-order valence-corrected chi connectivity index (χ1v) is 9.64. The van der Waals surface area contributed by atoms with Gasteiger partial charge in [-0.05, 0) is 22.9 Å². The van der Waals surface area contributed by atoms with E-state index >= 15 is 0 Å². The van der Waals surface area contributed by atoms with Crippen molar-refractivity contribution in [3.8, 4) is 0 Å². The van der Waals surface area contributed by atoms with E-state index in [9.17, 15) is 19.2 Å². The molecule has 150 valence electrons. The van der Waals surface area contributed by atoms with E-state index in [0.717, 1.165) is 15.7 Å². The lowest BCUT2D eigenvalue weighted by atomic mass is 10.0. The molecule has 8 heteroatoms. The summed E-state index contributed by atoms with van der Waals surface area (Å²) in [7, 11) is 0. The van der Waals surface area contributed by atoms with Gasteiger partial charge in [-0.15, -0.1) is 0 Å². The number of esters is 1. The van der Waals surface area contributed by atoms with Gasteiger partial charge in [-0.3, -0.25) is 24.1 Å². The molecule has 0 aromatic heterocycles. The Kier molecular flexibility index (Phi) is 5.28. The smallest absolute Gasteiger partial charge is 0.326 e. The van der Waals surface area contributed by atoms with Crippen molar-refractivity contribution in [2.24, 2.45) is 0 Å². The van der Waals surface area contributed by atoms with Crippen LogP contribution in [0, 0.1) is 0 Å². The number of hydrogen-bond acceptors (Lipinski definition) is 5. The fourth-order valence-corrected chi connectivity index (χ4v) is 3.62. The summed E-state index contributed by atoms with van der Waals surface area (Å²) in [5.41, 5.74) is 0.550. The van der Waals surface area contributed by atoms with E-state index in [1.165, 1.54) is 12.1 Å². The molecule has 0 bridgehead atoms. The Balaban J connectivity index is 1.43. The van der Waals surface area contributed by atoms with E-state index < -0.39 is 30.9 Å². The number of hydrogen-bond donors (Lipinski definition) is 0. The van der Waals surface area contributed by atoms with Crippen LogP contribution in [0.2, 0.25) is 10.0 Å². The molecule has 2 amide bonds. The summed E-state index contributed by atoms with van der Waals surface area (Å²) in [5.74, 6) is -2.62. The molecule has 1 aliphatic rings. The van der Waals surface area contributed by atoms with Crippen LogP contribution >= 0.6 is 23.2 Å². The molecule has 3 aromatic carbocycles. The van der Waals surface area contributed by atoms with Gasteiger partial charge in [0.25, 0.3) is 11.8 Å². The van der Waals surface area contributed by atoms with Crippen LogP contribution in [-0.4, -0.2) is 41.6 Å². The molecule has 0 atom stereocenters. The third kappa shape index (κ3) is 3.56. The Labute approximate surface area is 180 Å². The van der Waals surface area contributed by atoms with Crippen molar-refractivity contribution < 1.29 is 23.9 Å². The lowest BCUT2D eigenvalue weighted by Gasteiger charge is -2.13. The molecule has 0 fully saturated rings. The van der Waals surface area contributed by atoms with E-state index in [1.807, 2.05) is 24.3 Å². The third-order valence-corrected chi connectivity index (χ3v) is 5.48. The minimum absolute atomic E-state index is 0.0639. The van der Waals surface area contributed by atoms with Crippen LogP contribution in [-0.2, 0) is 9.53 Å². The van der Waals surface area contributed by atoms with Gasteiger partial charge in [0.2, 0.25) is 5.78 Å². The van der Waals surface area contributed by atoms with Crippen molar-refractivity contribution in [2.45, 2.75) is 0 Å².